The van der Waals surface area contributed by atoms with Crippen LogP contribution in [0.5, 0.6) is 5.75 Å². The molecule has 0 spiro atoms. The minimum absolute atomic E-state index is 0.0371. The lowest BCUT2D eigenvalue weighted by Crippen LogP contribution is -2.27. The molecule has 0 amide bonds. The fourth-order valence-electron chi connectivity index (χ4n) is 3.08. The molecule has 1 fully saturated rings. The van der Waals surface area contributed by atoms with Crippen LogP contribution in [0.3, 0.4) is 0 Å². The number of hydrogen-bond donors (Lipinski definition) is 0. The fraction of sp³-hybridized carbons (Fsp3) is 0.400. The molecule has 9 heteroatoms. The average molecular weight is 417 g/mol. The van der Waals surface area contributed by atoms with E-state index in [1.165, 1.54) is 4.68 Å². The van der Waals surface area contributed by atoms with Crippen LogP contribution < -0.4 is 10.3 Å². The Labute approximate surface area is 172 Å². The topological polar surface area (TPSA) is 92.3 Å². The Bertz CT molecular complexity index is 1030. The summed E-state index contributed by atoms with van der Waals surface area (Å²) in [6.45, 7) is 3.03. The number of aromatic nitrogens is 4. The Balaban J connectivity index is 1.39. The molecule has 4 rings (SSSR count). The third-order valence-electron chi connectivity index (χ3n) is 4.77. The van der Waals surface area contributed by atoms with Crippen molar-refractivity contribution >= 4 is 11.6 Å². The summed E-state index contributed by atoms with van der Waals surface area (Å²) < 4.78 is 17.7. The molecule has 29 heavy (non-hydrogen) atoms. The van der Waals surface area contributed by atoms with Crippen LogP contribution >= 0.6 is 11.6 Å². The lowest BCUT2D eigenvalue weighted by atomic mass is 10.1. The van der Waals surface area contributed by atoms with Gasteiger partial charge in [0, 0.05) is 17.9 Å². The maximum absolute atomic E-state index is 12.6. The van der Waals surface area contributed by atoms with Gasteiger partial charge in [-0.25, -0.2) is 4.68 Å². The van der Waals surface area contributed by atoms with Gasteiger partial charge in [-0.2, -0.15) is 10.1 Å². The van der Waals surface area contributed by atoms with E-state index in [9.17, 15) is 4.79 Å². The first-order valence-corrected chi connectivity index (χ1v) is 9.83. The van der Waals surface area contributed by atoms with Gasteiger partial charge in [-0.1, -0.05) is 28.9 Å². The zero-order chi connectivity index (χ0) is 20.2. The number of halogens is 1. The number of hydrogen-bond acceptors (Lipinski definition) is 7. The number of aryl methyl sites for hydroxylation is 2. The van der Waals surface area contributed by atoms with Crippen LogP contribution in [0.15, 0.2) is 39.8 Å². The second-order valence-electron chi connectivity index (χ2n) is 6.93. The molecule has 8 nitrogen and oxygen atoms in total. The molecular formula is C20H21ClN4O4. The van der Waals surface area contributed by atoms with E-state index in [2.05, 4.69) is 15.2 Å². The lowest BCUT2D eigenvalue weighted by molar-refractivity contribution is 0.140. The van der Waals surface area contributed by atoms with Crippen LogP contribution in [0.1, 0.15) is 29.3 Å². The number of nitrogens with zero attached hydrogens (tertiary/aromatic N) is 4. The Hall–Kier alpha value is -2.71. The molecule has 1 saturated heterocycles. The second-order valence-corrected chi connectivity index (χ2v) is 7.37. The molecular weight excluding hydrogens is 396 g/mol. The molecule has 3 heterocycles. The summed E-state index contributed by atoms with van der Waals surface area (Å²) in [5.74, 6) is 1.40. The van der Waals surface area contributed by atoms with E-state index in [1.807, 2.05) is 24.3 Å². The van der Waals surface area contributed by atoms with E-state index >= 15 is 0 Å². The van der Waals surface area contributed by atoms with Crippen LogP contribution in [-0.2, 0) is 24.1 Å². The van der Waals surface area contributed by atoms with E-state index in [1.54, 1.807) is 13.1 Å². The van der Waals surface area contributed by atoms with E-state index in [4.69, 9.17) is 25.6 Å². The van der Waals surface area contributed by atoms with Gasteiger partial charge in [0.05, 0.1) is 25.0 Å². The molecule has 1 aliphatic heterocycles. The highest BCUT2D eigenvalue weighted by Gasteiger charge is 2.20. The number of rotatable bonds is 7. The molecule has 3 aromatic rings. The number of benzene rings is 1. The van der Waals surface area contributed by atoms with Crippen molar-refractivity contribution in [3.63, 3.8) is 0 Å². The van der Waals surface area contributed by atoms with Gasteiger partial charge in [-0.3, -0.25) is 4.79 Å². The summed E-state index contributed by atoms with van der Waals surface area (Å²) in [6.07, 6.45) is 3.72. The first kappa shape index (κ1) is 19.6. The van der Waals surface area contributed by atoms with Crippen LogP contribution in [0.2, 0.25) is 5.02 Å². The van der Waals surface area contributed by atoms with Gasteiger partial charge >= 0.3 is 0 Å². The Morgan fingerprint density at radius 1 is 1.28 bits per heavy atom. The van der Waals surface area contributed by atoms with Crippen LogP contribution in [0.4, 0.5) is 0 Å². The molecule has 0 bridgehead atoms. The van der Waals surface area contributed by atoms with Crippen molar-refractivity contribution in [2.24, 2.45) is 0 Å². The highest BCUT2D eigenvalue weighted by atomic mass is 35.5. The maximum Gasteiger partial charge on any atom is 0.273 e. The molecule has 0 saturated carbocycles. The van der Waals surface area contributed by atoms with Gasteiger partial charge in [0.15, 0.2) is 5.82 Å². The molecule has 2 aromatic heterocycles. The van der Waals surface area contributed by atoms with Gasteiger partial charge in [-0.15, -0.1) is 0 Å². The van der Waals surface area contributed by atoms with Crippen molar-refractivity contribution in [1.29, 1.82) is 0 Å². The quantitative estimate of drug-likeness (QED) is 0.584. The molecule has 1 aliphatic rings. The summed E-state index contributed by atoms with van der Waals surface area (Å²) in [5.41, 5.74) is 1.38. The van der Waals surface area contributed by atoms with E-state index in [0.717, 1.165) is 18.4 Å². The predicted octanol–water partition coefficient (Wildman–Crippen LogP) is 2.59. The van der Waals surface area contributed by atoms with Crippen LogP contribution in [0.25, 0.3) is 0 Å². The van der Waals surface area contributed by atoms with E-state index in [0.29, 0.717) is 47.7 Å². The van der Waals surface area contributed by atoms with Crippen LogP contribution in [-0.4, -0.2) is 39.2 Å². The van der Waals surface area contributed by atoms with Crippen molar-refractivity contribution in [1.82, 2.24) is 19.9 Å². The third-order valence-corrected chi connectivity index (χ3v) is 5.02. The normalized spacial score (nSPS) is 16.3. The van der Waals surface area contributed by atoms with Gasteiger partial charge in [0.25, 0.3) is 5.56 Å². The Kier molecular flexibility index (Phi) is 5.92. The van der Waals surface area contributed by atoms with Crippen LogP contribution in [0, 0.1) is 6.92 Å². The highest BCUT2D eigenvalue weighted by Crippen LogP contribution is 2.18. The Morgan fingerprint density at radius 3 is 2.86 bits per heavy atom. The monoisotopic (exact) mass is 416 g/mol. The van der Waals surface area contributed by atoms with Crippen molar-refractivity contribution < 1.29 is 14.0 Å². The lowest BCUT2D eigenvalue weighted by Gasteiger charge is -2.14. The third kappa shape index (κ3) is 4.83. The smallest absolute Gasteiger partial charge is 0.273 e. The van der Waals surface area contributed by atoms with Gasteiger partial charge in [0.2, 0.25) is 5.89 Å². The first-order valence-electron chi connectivity index (χ1n) is 9.45. The molecule has 0 aliphatic carbocycles. The average Bonchev–Trinajstić information content (AvgIpc) is 3.39. The number of ether oxygens (including phenoxy) is 2. The molecule has 0 N–H and O–H groups in total. The molecule has 1 aromatic carbocycles. The zero-order valence-electron chi connectivity index (χ0n) is 16.0. The minimum atomic E-state index is -0.248. The minimum Gasteiger partial charge on any atom is -0.486 e. The second kappa shape index (κ2) is 8.75. The summed E-state index contributed by atoms with van der Waals surface area (Å²) >= 11 is 5.90. The van der Waals surface area contributed by atoms with Crippen molar-refractivity contribution in [3.05, 3.63) is 68.7 Å². The van der Waals surface area contributed by atoms with Crippen molar-refractivity contribution in [2.45, 2.75) is 38.8 Å². The first-order chi connectivity index (χ1) is 14.1. The maximum atomic E-state index is 12.6. The van der Waals surface area contributed by atoms with E-state index < -0.39 is 0 Å². The summed E-state index contributed by atoms with van der Waals surface area (Å²) in [4.78, 5) is 17.0. The molecule has 0 unspecified atom stereocenters. The highest BCUT2D eigenvalue weighted by molar-refractivity contribution is 6.30. The summed E-state index contributed by atoms with van der Waals surface area (Å²) in [7, 11) is 0. The predicted molar refractivity (Wildman–Crippen MR) is 105 cm³/mol. The van der Waals surface area contributed by atoms with Crippen molar-refractivity contribution in [3.8, 4) is 5.75 Å². The zero-order valence-corrected chi connectivity index (χ0v) is 16.8. The molecule has 152 valence electrons. The largest absolute Gasteiger partial charge is 0.486 e. The van der Waals surface area contributed by atoms with Gasteiger partial charge in [0.1, 0.15) is 18.4 Å². The molecule has 1 atom stereocenters. The standard InChI is InChI=1S/C20H21ClN4O4/c1-13-17(28-16-8-9-27-12-16)10-22-25(20(13)26)11-19-23-18(24-29-19)7-4-14-2-5-15(21)6-3-14/h2-3,5-6,10,16H,4,7-9,11-12H2,1H3/t16-/m1/s1. The SMILES string of the molecule is Cc1c(O[C@@H]2CCOC2)cnn(Cc2nc(CCc3ccc(Cl)cc3)no2)c1=O. The van der Waals surface area contributed by atoms with Gasteiger partial charge < -0.3 is 14.0 Å². The summed E-state index contributed by atoms with van der Waals surface area (Å²) in [6, 6.07) is 7.64. The summed E-state index contributed by atoms with van der Waals surface area (Å²) in [5, 5.41) is 8.88. The van der Waals surface area contributed by atoms with E-state index in [-0.39, 0.29) is 18.2 Å². The Morgan fingerprint density at radius 2 is 2.10 bits per heavy atom. The van der Waals surface area contributed by atoms with Gasteiger partial charge in [-0.05, 0) is 31.0 Å². The van der Waals surface area contributed by atoms with Crippen molar-refractivity contribution in [2.75, 3.05) is 13.2 Å². The fourth-order valence-corrected chi connectivity index (χ4v) is 3.20. The molecule has 0 radical (unpaired) electrons.